The van der Waals surface area contributed by atoms with Gasteiger partial charge in [0, 0.05) is 12.4 Å². The zero-order valence-electron chi connectivity index (χ0n) is 8.14. The monoisotopic (exact) mass is 191 g/mol. The lowest BCUT2D eigenvalue weighted by atomic mass is 10.1. The Kier molecular flexibility index (Phi) is 2.48. The van der Waals surface area contributed by atoms with E-state index in [1.165, 1.54) is 0 Å². The van der Waals surface area contributed by atoms with E-state index in [-0.39, 0.29) is 11.9 Å². The predicted molar refractivity (Wildman–Crippen MR) is 51.7 cm³/mol. The van der Waals surface area contributed by atoms with Crippen molar-refractivity contribution >= 4 is 5.97 Å². The van der Waals surface area contributed by atoms with E-state index < -0.39 is 0 Å². The molecule has 0 spiro atoms. The Labute approximate surface area is 83.1 Å². The molecular formula is C11H13NO2. The molecule has 0 aromatic carbocycles. The molecule has 2 atom stereocenters. The molecule has 3 heteroatoms. The number of carbonyl (C=O) groups is 1. The summed E-state index contributed by atoms with van der Waals surface area (Å²) in [7, 11) is 0. The van der Waals surface area contributed by atoms with Gasteiger partial charge in [-0.15, -0.1) is 0 Å². The van der Waals surface area contributed by atoms with Crippen LogP contribution in [0, 0.1) is 5.92 Å². The summed E-state index contributed by atoms with van der Waals surface area (Å²) in [5, 5.41) is 0. The molecule has 74 valence electrons. The highest BCUT2D eigenvalue weighted by Crippen LogP contribution is 2.47. The topological polar surface area (TPSA) is 39.2 Å². The van der Waals surface area contributed by atoms with Crippen molar-refractivity contribution in [2.75, 3.05) is 6.61 Å². The molecule has 0 radical (unpaired) electrons. The molecular weight excluding hydrogens is 178 g/mol. The molecule has 0 aliphatic heterocycles. The zero-order chi connectivity index (χ0) is 9.97. The molecule has 1 aliphatic carbocycles. The second-order valence-corrected chi connectivity index (χ2v) is 3.49. The minimum atomic E-state index is -0.0682. The van der Waals surface area contributed by atoms with Crippen molar-refractivity contribution in [2.24, 2.45) is 5.92 Å². The van der Waals surface area contributed by atoms with Gasteiger partial charge >= 0.3 is 5.97 Å². The van der Waals surface area contributed by atoms with Gasteiger partial charge < -0.3 is 4.74 Å². The number of hydrogen-bond donors (Lipinski definition) is 0. The SMILES string of the molecule is CCOC(=O)[C@H]1C[C@@H]1c1cccnc1. The van der Waals surface area contributed by atoms with E-state index in [4.69, 9.17) is 4.74 Å². The maximum absolute atomic E-state index is 11.3. The van der Waals surface area contributed by atoms with Crippen LogP contribution < -0.4 is 0 Å². The van der Waals surface area contributed by atoms with E-state index in [1.54, 1.807) is 6.20 Å². The maximum atomic E-state index is 11.3. The molecule has 0 unspecified atom stereocenters. The summed E-state index contributed by atoms with van der Waals surface area (Å²) in [4.78, 5) is 15.4. The molecule has 0 saturated heterocycles. The van der Waals surface area contributed by atoms with Crippen LogP contribution in [-0.4, -0.2) is 17.6 Å². The fourth-order valence-electron chi connectivity index (χ4n) is 1.67. The molecule has 1 aromatic heterocycles. The number of hydrogen-bond acceptors (Lipinski definition) is 3. The lowest BCUT2D eigenvalue weighted by Gasteiger charge is -2.00. The summed E-state index contributed by atoms with van der Waals surface area (Å²) in [5.41, 5.74) is 1.14. The number of ether oxygens (including phenoxy) is 1. The van der Waals surface area contributed by atoms with E-state index in [9.17, 15) is 4.79 Å². The first-order chi connectivity index (χ1) is 6.83. The van der Waals surface area contributed by atoms with Crippen LogP contribution in [0.1, 0.15) is 24.8 Å². The molecule has 1 saturated carbocycles. The average molecular weight is 191 g/mol. The van der Waals surface area contributed by atoms with Crippen LogP contribution in [0.4, 0.5) is 0 Å². The Balaban J connectivity index is 1.96. The number of nitrogens with zero attached hydrogens (tertiary/aromatic N) is 1. The van der Waals surface area contributed by atoms with Crippen molar-refractivity contribution in [3.63, 3.8) is 0 Å². The van der Waals surface area contributed by atoms with Crippen LogP contribution >= 0.6 is 0 Å². The summed E-state index contributed by atoms with van der Waals surface area (Å²) in [6, 6.07) is 3.91. The minimum Gasteiger partial charge on any atom is -0.466 e. The first-order valence-corrected chi connectivity index (χ1v) is 4.89. The lowest BCUT2D eigenvalue weighted by Crippen LogP contribution is -2.07. The van der Waals surface area contributed by atoms with Crippen LogP contribution in [0.2, 0.25) is 0 Å². The van der Waals surface area contributed by atoms with Crippen LogP contribution in [0.3, 0.4) is 0 Å². The predicted octanol–water partition coefficient (Wildman–Crippen LogP) is 1.75. The van der Waals surface area contributed by atoms with Crippen molar-refractivity contribution in [3.8, 4) is 0 Å². The summed E-state index contributed by atoms with van der Waals surface area (Å²) in [5.74, 6) is 0.336. The largest absolute Gasteiger partial charge is 0.466 e. The summed E-state index contributed by atoms with van der Waals surface area (Å²) >= 11 is 0. The third-order valence-electron chi connectivity index (χ3n) is 2.49. The number of rotatable bonds is 3. The molecule has 1 aliphatic rings. The molecule has 1 fully saturated rings. The average Bonchev–Trinajstić information content (AvgIpc) is 2.99. The summed E-state index contributed by atoms with van der Waals surface area (Å²) in [6.45, 7) is 2.30. The van der Waals surface area contributed by atoms with Gasteiger partial charge in [0.1, 0.15) is 0 Å². The van der Waals surface area contributed by atoms with Gasteiger partial charge in [-0.1, -0.05) is 6.07 Å². The van der Waals surface area contributed by atoms with Crippen LogP contribution in [0.5, 0.6) is 0 Å². The van der Waals surface area contributed by atoms with Crippen molar-refractivity contribution < 1.29 is 9.53 Å². The van der Waals surface area contributed by atoms with Crippen molar-refractivity contribution in [1.82, 2.24) is 4.98 Å². The van der Waals surface area contributed by atoms with Gasteiger partial charge in [0.05, 0.1) is 12.5 Å². The highest BCUT2D eigenvalue weighted by atomic mass is 16.5. The Morgan fingerprint density at radius 1 is 1.71 bits per heavy atom. The molecule has 14 heavy (non-hydrogen) atoms. The summed E-state index contributed by atoms with van der Waals surface area (Å²) < 4.78 is 4.96. The third kappa shape index (κ3) is 1.76. The van der Waals surface area contributed by atoms with E-state index in [0.717, 1.165) is 12.0 Å². The standard InChI is InChI=1S/C11H13NO2/c1-2-14-11(13)10-6-9(10)8-4-3-5-12-7-8/h3-5,7,9-10H,2,6H2,1H3/t9-,10+/m1/s1. The Morgan fingerprint density at radius 2 is 2.57 bits per heavy atom. The van der Waals surface area contributed by atoms with Crippen LogP contribution in [-0.2, 0) is 9.53 Å². The maximum Gasteiger partial charge on any atom is 0.309 e. The van der Waals surface area contributed by atoms with E-state index in [1.807, 2.05) is 25.3 Å². The molecule has 0 amide bonds. The second kappa shape index (κ2) is 3.78. The fourth-order valence-corrected chi connectivity index (χ4v) is 1.67. The smallest absolute Gasteiger partial charge is 0.309 e. The Bertz CT molecular complexity index is 323. The van der Waals surface area contributed by atoms with Gasteiger partial charge in [0.15, 0.2) is 0 Å². The van der Waals surface area contributed by atoms with Crippen LogP contribution in [0.25, 0.3) is 0 Å². The van der Waals surface area contributed by atoms with Gasteiger partial charge in [-0.05, 0) is 30.9 Å². The number of pyridine rings is 1. The second-order valence-electron chi connectivity index (χ2n) is 3.49. The van der Waals surface area contributed by atoms with Crippen molar-refractivity contribution in [1.29, 1.82) is 0 Å². The Hall–Kier alpha value is -1.38. The quantitative estimate of drug-likeness (QED) is 0.683. The van der Waals surface area contributed by atoms with Crippen LogP contribution in [0.15, 0.2) is 24.5 Å². The van der Waals surface area contributed by atoms with Crippen molar-refractivity contribution in [2.45, 2.75) is 19.3 Å². The Morgan fingerprint density at radius 3 is 3.21 bits per heavy atom. The lowest BCUT2D eigenvalue weighted by molar-refractivity contribution is -0.144. The van der Waals surface area contributed by atoms with Gasteiger partial charge in [-0.25, -0.2) is 0 Å². The first-order valence-electron chi connectivity index (χ1n) is 4.89. The highest BCUT2D eigenvalue weighted by Gasteiger charge is 2.45. The fraction of sp³-hybridized carbons (Fsp3) is 0.455. The highest BCUT2D eigenvalue weighted by molar-refractivity contribution is 5.77. The number of carbonyl (C=O) groups excluding carboxylic acids is 1. The third-order valence-corrected chi connectivity index (χ3v) is 2.49. The normalized spacial score (nSPS) is 24.4. The number of aromatic nitrogens is 1. The summed E-state index contributed by atoms with van der Waals surface area (Å²) in [6.07, 6.45) is 4.47. The van der Waals surface area contributed by atoms with E-state index >= 15 is 0 Å². The molecule has 1 heterocycles. The van der Waals surface area contributed by atoms with E-state index in [0.29, 0.717) is 12.5 Å². The van der Waals surface area contributed by atoms with Crippen molar-refractivity contribution in [3.05, 3.63) is 30.1 Å². The zero-order valence-corrected chi connectivity index (χ0v) is 8.14. The molecule has 2 rings (SSSR count). The van der Waals surface area contributed by atoms with Gasteiger partial charge in [0.2, 0.25) is 0 Å². The van der Waals surface area contributed by atoms with Gasteiger partial charge in [-0.3, -0.25) is 9.78 Å². The molecule has 1 aromatic rings. The van der Waals surface area contributed by atoms with E-state index in [2.05, 4.69) is 4.98 Å². The molecule has 0 bridgehead atoms. The minimum absolute atomic E-state index is 0.0682. The van der Waals surface area contributed by atoms with Gasteiger partial charge in [-0.2, -0.15) is 0 Å². The van der Waals surface area contributed by atoms with Gasteiger partial charge in [0.25, 0.3) is 0 Å². The molecule has 3 nitrogen and oxygen atoms in total. The molecule has 0 N–H and O–H groups in total. The first kappa shape index (κ1) is 9.19. The number of esters is 1.